The van der Waals surface area contributed by atoms with Gasteiger partial charge in [-0.25, -0.2) is 0 Å². The maximum absolute atomic E-state index is 11.6. The van der Waals surface area contributed by atoms with E-state index in [9.17, 15) is 4.79 Å². The molecule has 1 saturated carbocycles. The molecular formula is C23H33N3O. The minimum Gasteiger partial charge on any atom is -0.315 e. The van der Waals surface area contributed by atoms with Crippen LogP contribution < -0.4 is 4.90 Å². The van der Waals surface area contributed by atoms with Gasteiger partial charge in [-0.2, -0.15) is 5.10 Å². The molecule has 1 amide bonds. The van der Waals surface area contributed by atoms with Gasteiger partial charge in [0.1, 0.15) is 0 Å². The molecule has 0 atom stereocenters. The zero-order valence-electron chi connectivity index (χ0n) is 17.5. The third kappa shape index (κ3) is 6.55. The van der Waals surface area contributed by atoms with Gasteiger partial charge in [-0.3, -0.25) is 9.89 Å². The van der Waals surface area contributed by atoms with Crippen molar-refractivity contribution in [1.82, 2.24) is 10.2 Å². The molecule has 4 heteroatoms. The van der Waals surface area contributed by atoms with Crippen LogP contribution in [0.1, 0.15) is 46.2 Å². The lowest BCUT2D eigenvalue weighted by Gasteiger charge is -2.16. The summed E-state index contributed by atoms with van der Waals surface area (Å²) in [5.74, 6) is 0.552. The van der Waals surface area contributed by atoms with Gasteiger partial charge in [-0.1, -0.05) is 64.1 Å². The fourth-order valence-electron chi connectivity index (χ4n) is 2.48. The van der Waals surface area contributed by atoms with Crippen molar-refractivity contribution in [2.24, 2.45) is 5.92 Å². The van der Waals surface area contributed by atoms with E-state index in [2.05, 4.69) is 16.3 Å². The molecule has 0 spiro atoms. The second kappa shape index (κ2) is 11.9. The van der Waals surface area contributed by atoms with Gasteiger partial charge in [-0.05, 0) is 38.0 Å². The SMILES string of the molecule is CC.CC.CN(C(=O)C1CC1)c1ccccc1.Cc1[nH]nc2ccccc12. The number of carbonyl (C=O) groups is 1. The lowest BCUT2D eigenvalue weighted by molar-refractivity contribution is -0.119. The van der Waals surface area contributed by atoms with E-state index in [0.717, 1.165) is 29.7 Å². The molecule has 0 bridgehead atoms. The van der Waals surface area contributed by atoms with E-state index in [4.69, 9.17) is 0 Å². The Balaban J connectivity index is 0.000000233. The van der Waals surface area contributed by atoms with Crippen LogP contribution in [0.25, 0.3) is 10.9 Å². The van der Waals surface area contributed by atoms with Crippen molar-refractivity contribution in [2.45, 2.75) is 47.5 Å². The van der Waals surface area contributed by atoms with Gasteiger partial charge in [0.25, 0.3) is 0 Å². The summed E-state index contributed by atoms with van der Waals surface area (Å²) in [7, 11) is 1.84. The zero-order chi connectivity index (χ0) is 20.2. The second-order valence-electron chi connectivity index (χ2n) is 5.87. The van der Waals surface area contributed by atoms with Crippen LogP contribution in [0.4, 0.5) is 5.69 Å². The molecule has 3 aromatic rings. The lowest BCUT2D eigenvalue weighted by Crippen LogP contribution is -2.27. The summed E-state index contributed by atoms with van der Waals surface area (Å²) >= 11 is 0. The van der Waals surface area contributed by atoms with Crippen LogP contribution >= 0.6 is 0 Å². The number of para-hydroxylation sites is 2. The number of nitrogens with zero attached hydrogens (tertiary/aromatic N) is 2. The molecule has 0 radical (unpaired) electrons. The Morgan fingerprint density at radius 1 is 0.963 bits per heavy atom. The van der Waals surface area contributed by atoms with Crippen molar-refractivity contribution < 1.29 is 4.79 Å². The first-order valence-electron chi connectivity index (χ1n) is 9.89. The second-order valence-corrected chi connectivity index (χ2v) is 5.87. The normalized spacial score (nSPS) is 11.8. The van der Waals surface area contributed by atoms with Crippen LogP contribution in [0.2, 0.25) is 0 Å². The maximum atomic E-state index is 11.6. The molecule has 27 heavy (non-hydrogen) atoms. The van der Waals surface area contributed by atoms with Crippen LogP contribution in [-0.2, 0) is 4.79 Å². The molecule has 1 fully saturated rings. The van der Waals surface area contributed by atoms with E-state index in [1.165, 1.54) is 5.39 Å². The number of carbonyl (C=O) groups excluding carboxylic acids is 1. The molecule has 146 valence electrons. The van der Waals surface area contributed by atoms with Crippen LogP contribution in [-0.4, -0.2) is 23.2 Å². The number of rotatable bonds is 2. The van der Waals surface area contributed by atoms with E-state index in [1.54, 1.807) is 4.90 Å². The number of benzene rings is 2. The minimum atomic E-state index is 0.256. The van der Waals surface area contributed by atoms with E-state index < -0.39 is 0 Å². The highest BCUT2D eigenvalue weighted by Crippen LogP contribution is 2.31. The molecule has 0 aliphatic heterocycles. The summed E-state index contributed by atoms with van der Waals surface area (Å²) in [6.07, 6.45) is 2.13. The van der Waals surface area contributed by atoms with Crippen LogP contribution in [0.15, 0.2) is 54.6 Å². The first-order valence-corrected chi connectivity index (χ1v) is 9.89. The van der Waals surface area contributed by atoms with E-state index in [-0.39, 0.29) is 5.91 Å². The van der Waals surface area contributed by atoms with Crippen molar-refractivity contribution in [3.8, 4) is 0 Å². The molecule has 1 aliphatic carbocycles. The topological polar surface area (TPSA) is 49.0 Å². The Morgan fingerprint density at radius 3 is 2.07 bits per heavy atom. The largest absolute Gasteiger partial charge is 0.315 e. The summed E-state index contributed by atoms with van der Waals surface area (Å²) in [4.78, 5) is 13.4. The number of amides is 1. The molecule has 4 nitrogen and oxygen atoms in total. The Hall–Kier alpha value is -2.62. The monoisotopic (exact) mass is 367 g/mol. The number of anilines is 1. The fraction of sp³-hybridized carbons (Fsp3) is 0.391. The van der Waals surface area contributed by atoms with E-state index >= 15 is 0 Å². The standard InChI is InChI=1S/C11H13NO.C8H8N2.2C2H6/c1-12(11(13)9-7-8-9)10-5-3-2-4-6-10;1-6-7-4-2-3-5-8(7)10-9-6;2*1-2/h2-6,9H,7-8H2,1H3;2-5H,1H3,(H,9,10);2*1-2H3. The highest BCUT2D eigenvalue weighted by atomic mass is 16.2. The van der Waals surface area contributed by atoms with Gasteiger partial charge in [0.2, 0.25) is 5.91 Å². The Kier molecular flexibility index (Phi) is 9.88. The molecule has 4 rings (SSSR count). The predicted molar refractivity (Wildman–Crippen MR) is 116 cm³/mol. The first kappa shape index (κ1) is 22.4. The molecular weight excluding hydrogens is 334 g/mol. The van der Waals surface area contributed by atoms with Crippen molar-refractivity contribution in [3.05, 3.63) is 60.3 Å². The predicted octanol–water partition coefficient (Wildman–Crippen LogP) is 5.98. The van der Waals surface area contributed by atoms with Gasteiger partial charge >= 0.3 is 0 Å². The number of fused-ring (bicyclic) bond motifs is 1. The van der Waals surface area contributed by atoms with Crippen LogP contribution in [0.3, 0.4) is 0 Å². The molecule has 1 aliphatic rings. The van der Waals surface area contributed by atoms with Gasteiger partial charge in [0.05, 0.1) is 5.52 Å². The third-order valence-electron chi connectivity index (χ3n) is 4.05. The molecule has 0 saturated heterocycles. The lowest BCUT2D eigenvalue weighted by atomic mass is 10.2. The van der Waals surface area contributed by atoms with E-state index in [0.29, 0.717) is 5.92 Å². The highest BCUT2D eigenvalue weighted by Gasteiger charge is 2.32. The number of hydrogen-bond donors (Lipinski definition) is 1. The van der Waals surface area contributed by atoms with E-state index in [1.807, 2.05) is 90.2 Å². The summed E-state index contributed by atoms with van der Waals surface area (Å²) in [5, 5.41) is 8.23. The summed E-state index contributed by atoms with van der Waals surface area (Å²) in [6, 6.07) is 17.8. The Morgan fingerprint density at radius 2 is 1.52 bits per heavy atom. The average Bonchev–Trinajstić information content (AvgIpc) is 3.54. The molecule has 1 N–H and O–H groups in total. The van der Waals surface area contributed by atoms with Gasteiger partial charge in [-0.15, -0.1) is 0 Å². The number of nitrogens with one attached hydrogen (secondary N) is 1. The van der Waals surface area contributed by atoms with Gasteiger partial charge < -0.3 is 4.90 Å². The first-order chi connectivity index (χ1) is 13.2. The number of H-pyrrole nitrogens is 1. The minimum absolute atomic E-state index is 0.256. The highest BCUT2D eigenvalue weighted by molar-refractivity contribution is 5.95. The maximum Gasteiger partial charge on any atom is 0.229 e. The van der Waals surface area contributed by atoms with Crippen molar-refractivity contribution >= 4 is 22.5 Å². The fourth-order valence-corrected chi connectivity index (χ4v) is 2.48. The van der Waals surface area contributed by atoms with Crippen molar-refractivity contribution in [1.29, 1.82) is 0 Å². The van der Waals surface area contributed by atoms with Gasteiger partial charge in [0.15, 0.2) is 0 Å². The Bertz CT molecular complexity index is 792. The summed E-state index contributed by atoms with van der Waals surface area (Å²) < 4.78 is 0. The van der Waals surface area contributed by atoms with Crippen LogP contribution in [0, 0.1) is 12.8 Å². The number of aromatic nitrogens is 2. The molecule has 2 aromatic carbocycles. The molecule has 0 unspecified atom stereocenters. The molecule has 1 heterocycles. The third-order valence-corrected chi connectivity index (χ3v) is 4.05. The smallest absolute Gasteiger partial charge is 0.229 e. The van der Waals surface area contributed by atoms with Crippen LogP contribution in [0.5, 0.6) is 0 Å². The van der Waals surface area contributed by atoms with Crippen molar-refractivity contribution in [3.63, 3.8) is 0 Å². The number of aromatic amines is 1. The van der Waals surface area contributed by atoms with Crippen molar-refractivity contribution in [2.75, 3.05) is 11.9 Å². The number of hydrogen-bond acceptors (Lipinski definition) is 2. The average molecular weight is 368 g/mol. The summed E-state index contributed by atoms with van der Waals surface area (Å²) in [5.41, 5.74) is 3.16. The van der Waals surface area contributed by atoms with Gasteiger partial charge in [0, 0.05) is 29.7 Å². The number of aryl methyl sites for hydroxylation is 1. The molecule has 1 aromatic heterocycles. The zero-order valence-corrected chi connectivity index (χ0v) is 17.5. The Labute approximate surface area is 163 Å². The summed E-state index contributed by atoms with van der Waals surface area (Å²) in [6.45, 7) is 10.0. The quantitative estimate of drug-likeness (QED) is 0.605.